The van der Waals surface area contributed by atoms with Gasteiger partial charge in [-0.15, -0.1) is 0 Å². The molecule has 0 radical (unpaired) electrons. The average molecular weight is 307 g/mol. The molecule has 0 bridgehead atoms. The van der Waals surface area contributed by atoms with Crippen LogP contribution in [-0.2, 0) is 6.54 Å². The molecule has 1 N–H and O–H groups in total. The Bertz CT molecular complexity index is 404. The molecule has 0 saturated heterocycles. The van der Waals surface area contributed by atoms with Crippen molar-refractivity contribution < 1.29 is 9.47 Å². The van der Waals surface area contributed by atoms with Gasteiger partial charge in [-0.25, -0.2) is 0 Å². The van der Waals surface area contributed by atoms with Gasteiger partial charge < -0.3 is 14.8 Å². The minimum absolute atomic E-state index is 0.158. The zero-order valence-corrected chi connectivity index (χ0v) is 14.8. The molecule has 0 aliphatic heterocycles. The van der Waals surface area contributed by atoms with Crippen molar-refractivity contribution >= 4 is 0 Å². The maximum Gasteiger partial charge on any atom is 0.161 e. The maximum atomic E-state index is 5.74. The predicted octanol–water partition coefficient (Wildman–Crippen LogP) is 4.93. The monoisotopic (exact) mass is 307 g/mol. The van der Waals surface area contributed by atoms with Gasteiger partial charge in [-0.3, -0.25) is 0 Å². The molecule has 0 spiro atoms. The number of nitrogens with one attached hydrogen (secondary N) is 1. The van der Waals surface area contributed by atoms with Gasteiger partial charge in [-0.2, -0.15) is 0 Å². The van der Waals surface area contributed by atoms with Crippen molar-refractivity contribution in [3.63, 3.8) is 0 Å². The summed E-state index contributed by atoms with van der Waals surface area (Å²) in [4.78, 5) is 0. The molecule has 22 heavy (non-hydrogen) atoms. The van der Waals surface area contributed by atoms with Crippen molar-refractivity contribution in [2.75, 3.05) is 13.7 Å². The van der Waals surface area contributed by atoms with E-state index in [1.807, 2.05) is 19.9 Å². The third kappa shape index (κ3) is 7.69. The minimum atomic E-state index is 0.158. The van der Waals surface area contributed by atoms with E-state index in [0.29, 0.717) is 0 Å². The summed E-state index contributed by atoms with van der Waals surface area (Å²) in [6.07, 6.45) is 8.18. The third-order valence-electron chi connectivity index (χ3n) is 3.63. The molecule has 0 aliphatic carbocycles. The number of rotatable bonds is 12. The van der Waals surface area contributed by atoms with Crippen LogP contribution in [0.2, 0.25) is 0 Å². The smallest absolute Gasteiger partial charge is 0.161 e. The Labute approximate surface area is 136 Å². The van der Waals surface area contributed by atoms with E-state index in [4.69, 9.17) is 9.47 Å². The molecular formula is C19H33NO2. The second kappa shape index (κ2) is 11.4. The molecular weight excluding hydrogens is 274 g/mol. The van der Waals surface area contributed by atoms with E-state index in [1.165, 1.54) is 44.1 Å². The molecule has 0 saturated carbocycles. The van der Waals surface area contributed by atoms with Gasteiger partial charge in [0.15, 0.2) is 11.5 Å². The Balaban J connectivity index is 2.28. The Morgan fingerprint density at radius 1 is 1.00 bits per heavy atom. The molecule has 1 aromatic carbocycles. The topological polar surface area (TPSA) is 30.5 Å². The Hall–Kier alpha value is -1.22. The first-order chi connectivity index (χ1) is 10.7. The van der Waals surface area contributed by atoms with E-state index in [-0.39, 0.29) is 6.10 Å². The number of benzene rings is 1. The van der Waals surface area contributed by atoms with Gasteiger partial charge in [0.05, 0.1) is 13.2 Å². The molecule has 126 valence electrons. The summed E-state index contributed by atoms with van der Waals surface area (Å²) in [6, 6.07) is 6.17. The molecule has 1 aromatic rings. The molecule has 0 heterocycles. The Morgan fingerprint density at radius 2 is 1.73 bits per heavy atom. The van der Waals surface area contributed by atoms with Gasteiger partial charge in [0, 0.05) is 6.54 Å². The summed E-state index contributed by atoms with van der Waals surface area (Å²) in [7, 11) is 1.69. The number of unbranched alkanes of at least 4 members (excludes halogenated alkanes) is 5. The first-order valence-corrected chi connectivity index (χ1v) is 8.71. The molecule has 0 unspecified atom stereocenters. The van der Waals surface area contributed by atoms with Gasteiger partial charge in [0.2, 0.25) is 0 Å². The highest BCUT2D eigenvalue weighted by Gasteiger charge is 2.07. The standard InChI is InChI=1S/C19H33NO2/c1-5-6-7-8-9-10-13-20-15-17-11-12-18(22-16(2)3)19(14-17)21-4/h11-12,14,16,20H,5-10,13,15H2,1-4H3. The fourth-order valence-electron chi connectivity index (χ4n) is 2.44. The minimum Gasteiger partial charge on any atom is -0.493 e. The van der Waals surface area contributed by atoms with Gasteiger partial charge in [-0.05, 0) is 44.5 Å². The number of ether oxygens (including phenoxy) is 2. The van der Waals surface area contributed by atoms with Crippen LogP contribution in [0.25, 0.3) is 0 Å². The normalized spacial score (nSPS) is 11.0. The van der Waals surface area contributed by atoms with Gasteiger partial charge in [0.1, 0.15) is 0 Å². The fourth-order valence-corrected chi connectivity index (χ4v) is 2.44. The van der Waals surface area contributed by atoms with Crippen molar-refractivity contribution in [2.45, 2.75) is 71.9 Å². The summed E-state index contributed by atoms with van der Waals surface area (Å²) >= 11 is 0. The van der Waals surface area contributed by atoms with Crippen molar-refractivity contribution in [3.05, 3.63) is 23.8 Å². The van der Waals surface area contributed by atoms with Crippen molar-refractivity contribution in [2.24, 2.45) is 0 Å². The lowest BCUT2D eigenvalue weighted by molar-refractivity contribution is 0.230. The Kier molecular flexibility index (Phi) is 9.72. The molecule has 0 fully saturated rings. The second-order valence-corrected chi connectivity index (χ2v) is 6.10. The lowest BCUT2D eigenvalue weighted by atomic mass is 10.1. The number of hydrogen-bond acceptors (Lipinski definition) is 3. The summed E-state index contributed by atoms with van der Waals surface area (Å²) in [5, 5.41) is 3.51. The molecule has 0 amide bonds. The average Bonchev–Trinajstić information content (AvgIpc) is 2.50. The van der Waals surface area contributed by atoms with E-state index >= 15 is 0 Å². The lowest BCUT2D eigenvalue weighted by Crippen LogP contribution is -2.15. The third-order valence-corrected chi connectivity index (χ3v) is 3.63. The van der Waals surface area contributed by atoms with Crippen molar-refractivity contribution in [1.82, 2.24) is 5.32 Å². The zero-order chi connectivity index (χ0) is 16.2. The first kappa shape index (κ1) is 18.8. The fraction of sp³-hybridized carbons (Fsp3) is 0.684. The second-order valence-electron chi connectivity index (χ2n) is 6.10. The van der Waals surface area contributed by atoms with E-state index < -0.39 is 0 Å². The van der Waals surface area contributed by atoms with E-state index in [9.17, 15) is 0 Å². The van der Waals surface area contributed by atoms with Crippen molar-refractivity contribution in [1.29, 1.82) is 0 Å². The quantitative estimate of drug-likeness (QED) is 0.555. The van der Waals surface area contributed by atoms with Crippen molar-refractivity contribution in [3.8, 4) is 11.5 Å². The highest BCUT2D eigenvalue weighted by molar-refractivity contribution is 5.43. The van der Waals surface area contributed by atoms with Gasteiger partial charge in [-0.1, -0.05) is 45.1 Å². The van der Waals surface area contributed by atoms with Crippen LogP contribution in [0.15, 0.2) is 18.2 Å². The predicted molar refractivity (Wildman–Crippen MR) is 93.8 cm³/mol. The SMILES string of the molecule is CCCCCCCCNCc1ccc(OC(C)C)c(OC)c1. The van der Waals surface area contributed by atoms with Crippen LogP contribution in [0.4, 0.5) is 0 Å². The van der Waals surface area contributed by atoms with Crippen LogP contribution in [-0.4, -0.2) is 19.8 Å². The van der Waals surface area contributed by atoms with Crippen LogP contribution >= 0.6 is 0 Å². The summed E-state index contributed by atoms with van der Waals surface area (Å²) in [6.45, 7) is 8.27. The van der Waals surface area contributed by atoms with Crippen LogP contribution in [0, 0.1) is 0 Å². The summed E-state index contributed by atoms with van der Waals surface area (Å²) in [5.41, 5.74) is 1.24. The lowest BCUT2D eigenvalue weighted by Gasteiger charge is -2.14. The zero-order valence-electron chi connectivity index (χ0n) is 14.8. The van der Waals surface area contributed by atoms with Crippen LogP contribution in [0.3, 0.4) is 0 Å². The summed E-state index contributed by atoms with van der Waals surface area (Å²) < 4.78 is 11.2. The molecule has 0 aromatic heterocycles. The van der Waals surface area contributed by atoms with Crippen LogP contribution in [0.1, 0.15) is 64.9 Å². The molecule has 0 atom stereocenters. The van der Waals surface area contributed by atoms with Gasteiger partial charge >= 0.3 is 0 Å². The first-order valence-electron chi connectivity index (χ1n) is 8.71. The number of hydrogen-bond donors (Lipinski definition) is 1. The largest absolute Gasteiger partial charge is 0.493 e. The van der Waals surface area contributed by atoms with Crippen LogP contribution < -0.4 is 14.8 Å². The molecule has 3 nitrogen and oxygen atoms in total. The molecule has 3 heteroatoms. The summed E-state index contributed by atoms with van der Waals surface area (Å²) in [5.74, 6) is 1.63. The van der Waals surface area contributed by atoms with Gasteiger partial charge in [0.25, 0.3) is 0 Å². The molecule has 1 rings (SSSR count). The highest BCUT2D eigenvalue weighted by atomic mass is 16.5. The Morgan fingerprint density at radius 3 is 2.41 bits per heavy atom. The van der Waals surface area contributed by atoms with E-state index in [0.717, 1.165) is 24.6 Å². The highest BCUT2D eigenvalue weighted by Crippen LogP contribution is 2.28. The van der Waals surface area contributed by atoms with E-state index in [2.05, 4.69) is 24.4 Å². The van der Waals surface area contributed by atoms with Crippen LogP contribution in [0.5, 0.6) is 11.5 Å². The number of methoxy groups -OCH3 is 1. The maximum absolute atomic E-state index is 5.74. The van der Waals surface area contributed by atoms with E-state index in [1.54, 1.807) is 7.11 Å². The molecule has 0 aliphatic rings.